The van der Waals surface area contributed by atoms with Gasteiger partial charge in [0.05, 0.1) is 12.7 Å². The van der Waals surface area contributed by atoms with Crippen LogP contribution in [0.25, 0.3) is 0 Å². The van der Waals surface area contributed by atoms with Crippen molar-refractivity contribution >= 4 is 11.6 Å². The van der Waals surface area contributed by atoms with Crippen molar-refractivity contribution in [3.05, 3.63) is 53.1 Å². The third-order valence-electron chi connectivity index (χ3n) is 3.05. The van der Waals surface area contributed by atoms with Crippen LogP contribution < -0.4 is 9.47 Å². The summed E-state index contributed by atoms with van der Waals surface area (Å²) in [5.74, 6) is 1.91. The summed E-state index contributed by atoms with van der Waals surface area (Å²) in [6.45, 7) is 0.495. The van der Waals surface area contributed by atoms with Gasteiger partial charge in [-0.1, -0.05) is 23.7 Å². The van der Waals surface area contributed by atoms with Crippen molar-refractivity contribution in [2.75, 3.05) is 6.61 Å². The summed E-state index contributed by atoms with van der Waals surface area (Å²) in [4.78, 5) is 0. The number of halogens is 1. The molecule has 98 valence electrons. The second kappa shape index (κ2) is 5.11. The summed E-state index contributed by atoms with van der Waals surface area (Å²) in [7, 11) is 0. The molecule has 0 saturated carbocycles. The lowest BCUT2D eigenvalue weighted by molar-refractivity contribution is 0.113. The molecule has 19 heavy (non-hydrogen) atoms. The average molecular weight is 277 g/mol. The Morgan fingerprint density at radius 3 is 2.74 bits per heavy atom. The Labute approximate surface area is 116 Å². The molecule has 0 fully saturated rings. The first-order valence-electron chi connectivity index (χ1n) is 6.11. The zero-order valence-electron chi connectivity index (χ0n) is 10.2. The molecule has 1 heterocycles. The largest absolute Gasteiger partial charge is 0.489 e. The van der Waals surface area contributed by atoms with Crippen molar-refractivity contribution in [1.29, 1.82) is 0 Å². The standard InChI is InChI=1S/C15H13ClO3/c16-10-4-6-11(7-5-10)19-14-3-1-2-12-13(17)8-9-18-15(12)14/h1-7,13,17H,8-9H2. The quantitative estimate of drug-likeness (QED) is 0.903. The van der Waals surface area contributed by atoms with Crippen LogP contribution in [0.2, 0.25) is 5.02 Å². The summed E-state index contributed by atoms with van der Waals surface area (Å²) in [5, 5.41) is 10.6. The van der Waals surface area contributed by atoms with E-state index in [-0.39, 0.29) is 0 Å². The minimum atomic E-state index is -0.488. The normalized spacial score (nSPS) is 17.5. The number of benzene rings is 2. The molecule has 1 N–H and O–H groups in total. The first-order chi connectivity index (χ1) is 9.24. The van der Waals surface area contributed by atoms with Crippen LogP contribution in [-0.2, 0) is 0 Å². The maximum absolute atomic E-state index is 9.94. The lowest BCUT2D eigenvalue weighted by atomic mass is 10.0. The molecule has 3 nitrogen and oxygen atoms in total. The van der Waals surface area contributed by atoms with Crippen molar-refractivity contribution in [1.82, 2.24) is 0 Å². The lowest BCUT2D eigenvalue weighted by Crippen LogP contribution is -2.14. The Morgan fingerprint density at radius 1 is 1.16 bits per heavy atom. The van der Waals surface area contributed by atoms with Crippen LogP contribution in [0.1, 0.15) is 18.1 Å². The zero-order valence-corrected chi connectivity index (χ0v) is 10.9. The van der Waals surface area contributed by atoms with E-state index in [9.17, 15) is 5.11 Å². The van der Waals surface area contributed by atoms with Crippen LogP contribution in [0.3, 0.4) is 0 Å². The van der Waals surface area contributed by atoms with Crippen LogP contribution in [0, 0.1) is 0 Å². The Hall–Kier alpha value is -1.71. The number of fused-ring (bicyclic) bond motifs is 1. The summed E-state index contributed by atoms with van der Waals surface area (Å²) in [5.41, 5.74) is 0.776. The molecular weight excluding hydrogens is 264 g/mol. The van der Waals surface area contributed by atoms with E-state index < -0.39 is 6.10 Å². The molecule has 0 saturated heterocycles. The minimum absolute atomic E-state index is 0.488. The number of aliphatic hydroxyl groups excluding tert-OH is 1. The predicted octanol–water partition coefficient (Wildman–Crippen LogP) is 3.95. The fourth-order valence-electron chi connectivity index (χ4n) is 2.09. The van der Waals surface area contributed by atoms with Crippen molar-refractivity contribution in [2.24, 2.45) is 0 Å². The van der Waals surface area contributed by atoms with Gasteiger partial charge in [0.2, 0.25) is 0 Å². The van der Waals surface area contributed by atoms with Crippen molar-refractivity contribution in [3.63, 3.8) is 0 Å². The molecule has 2 aromatic rings. The summed E-state index contributed by atoms with van der Waals surface area (Å²) < 4.78 is 11.4. The van der Waals surface area contributed by atoms with Crippen molar-refractivity contribution < 1.29 is 14.6 Å². The van der Waals surface area contributed by atoms with Gasteiger partial charge < -0.3 is 14.6 Å². The van der Waals surface area contributed by atoms with Gasteiger partial charge >= 0.3 is 0 Å². The van der Waals surface area contributed by atoms with Gasteiger partial charge in [-0.05, 0) is 30.3 Å². The number of para-hydroxylation sites is 1. The molecular formula is C15H13ClO3. The number of aliphatic hydroxyl groups is 1. The highest BCUT2D eigenvalue weighted by Gasteiger charge is 2.22. The van der Waals surface area contributed by atoms with Crippen LogP contribution in [0.5, 0.6) is 17.2 Å². The molecule has 1 atom stereocenters. The minimum Gasteiger partial charge on any atom is -0.489 e. The molecule has 4 heteroatoms. The lowest BCUT2D eigenvalue weighted by Gasteiger charge is -2.24. The fraction of sp³-hybridized carbons (Fsp3) is 0.200. The zero-order chi connectivity index (χ0) is 13.2. The number of ether oxygens (including phenoxy) is 2. The van der Waals surface area contributed by atoms with E-state index in [2.05, 4.69) is 0 Å². The monoisotopic (exact) mass is 276 g/mol. The molecule has 1 unspecified atom stereocenters. The second-order valence-electron chi connectivity index (χ2n) is 4.38. The highest BCUT2D eigenvalue weighted by molar-refractivity contribution is 6.30. The van der Waals surface area contributed by atoms with E-state index in [1.807, 2.05) is 18.2 Å². The van der Waals surface area contributed by atoms with Gasteiger partial charge in [0, 0.05) is 17.0 Å². The van der Waals surface area contributed by atoms with E-state index in [1.165, 1.54) is 0 Å². The van der Waals surface area contributed by atoms with Gasteiger partial charge in [-0.2, -0.15) is 0 Å². The highest BCUT2D eigenvalue weighted by atomic mass is 35.5. The summed E-state index contributed by atoms with van der Waals surface area (Å²) in [6, 6.07) is 12.6. The summed E-state index contributed by atoms with van der Waals surface area (Å²) >= 11 is 5.84. The molecule has 0 amide bonds. The number of hydrogen-bond acceptors (Lipinski definition) is 3. The third kappa shape index (κ3) is 2.53. The third-order valence-corrected chi connectivity index (χ3v) is 3.30. The summed E-state index contributed by atoms with van der Waals surface area (Å²) in [6.07, 6.45) is 0.120. The maximum atomic E-state index is 9.94. The molecule has 2 aromatic carbocycles. The van der Waals surface area contributed by atoms with Crippen molar-refractivity contribution in [2.45, 2.75) is 12.5 Å². The Balaban J connectivity index is 1.93. The van der Waals surface area contributed by atoms with E-state index in [1.54, 1.807) is 24.3 Å². The van der Waals surface area contributed by atoms with Gasteiger partial charge in [-0.15, -0.1) is 0 Å². The van der Waals surface area contributed by atoms with Crippen LogP contribution in [0.15, 0.2) is 42.5 Å². The van der Waals surface area contributed by atoms with E-state index in [0.717, 1.165) is 5.56 Å². The van der Waals surface area contributed by atoms with Gasteiger partial charge in [-0.25, -0.2) is 0 Å². The molecule has 0 bridgehead atoms. The van der Waals surface area contributed by atoms with Gasteiger partial charge in [0.1, 0.15) is 5.75 Å². The average Bonchev–Trinajstić information content (AvgIpc) is 2.43. The molecule has 1 aliphatic rings. The Kier molecular flexibility index (Phi) is 3.32. The van der Waals surface area contributed by atoms with Gasteiger partial charge in [0.15, 0.2) is 11.5 Å². The first-order valence-corrected chi connectivity index (χ1v) is 6.49. The molecule has 0 aliphatic carbocycles. The van der Waals surface area contributed by atoms with E-state index in [4.69, 9.17) is 21.1 Å². The Bertz CT molecular complexity index is 580. The molecule has 1 aliphatic heterocycles. The molecule has 0 aromatic heterocycles. The smallest absolute Gasteiger partial charge is 0.169 e. The molecule has 0 radical (unpaired) electrons. The molecule has 3 rings (SSSR count). The fourth-order valence-corrected chi connectivity index (χ4v) is 2.21. The number of rotatable bonds is 2. The van der Waals surface area contributed by atoms with Gasteiger partial charge in [0.25, 0.3) is 0 Å². The van der Waals surface area contributed by atoms with E-state index >= 15 is 0 Å². The topological polar surface area (TPSA) is 38.7 Å². The number of hydrogen-bond donors (Lipinski definition) is 1. The molecule has 0 spiro atoms. The van der Waals surface area contributed by atoms with Crippen molar-refractivity contribution in [3.8, 4) is 17.2 Å². The van der Waals surface area contributed by atoms with Crippen LogP contribution in [0.4, 0.5) is 0 Å². The predicted molar refractivity (Wildman–Crippen MR) is 73.0 cm³/mol. The van der Waals surface area contributed by atoms with Crippen LogP contribution >= 0.6 is 11.6 Å². The first kappa shape index (κ1) is 12.3. The highest BCUT2D eigenvalue weighted by Crippen LogP contribution is 2.41. The maximum Gasteiger partial charge on any atom is 0.169 e. The second-order valence-corrected chi connectivity index (χ2v) is 4.82. The van der Waals surface area contributed by atoms with Crippen LogP contribution in [-0.4, -0.2) is 11.7 Å². The SMILES string of the molecule is OC1CCOc2c(Oc3ccc(Cl)cc3)cccc21. The van der Waals surface area contributed by atoms with Gasteiger partial charge in [-0.3, -0.25) is 0 Å². The van der Waals surface area contributed by atoms with E-state index in [0.29, 0.717) is 35.3 Å². The Morgan fingerprint density at radius 2 is 1.95 bits per heavy atom.